The van der Waals surface area contributed by atoms with Crippen LogP contribution in [0.2, 0.25) is 5.02 Å². The predicted octanol–water partition coefficient (Wildman–Crippen LogP) is 2.57. The van der Waals surface area contributed by atoms with Crippen molar-refractivity contribution in [1.29, 1.82) is 0 Å². The summed E-state index contributed by atoms with van der Waals surface area (Å²) in [5.41, 5.74) is 0.557. The minimum Gasteiger partial charge on any atom is -0.492 e. The van der Waals surface area contributed by atoms with Gasteiger partial charge in [0.15, 0.2) is 0 Å². The van der Waals surface area contributed by atoms with Gasteiger partial charge in [0, 0.05) is 18.1 Å². The van der Waals surface area contributed by atoms with Crippen molar-refractivity contribution >= 4 is 17.9 Å². The largest absolute Gasteiger partial charge is 0.492 e. The quantitative estimate of drug-likeness (QED) is 0.759. The van der Waals surface area contributed by atoms with Gasteiger partial charge in [-0.2, -0.15) is 0 Å². The van der Waals surface area contributed by atoms with Crippen molar-refractivity contribution in [2.24, 2.45) is 5.92 Å². The summed E-state index contributed by atoms with van der Waals surface area (Å²) in [4.78, 5) is 10.5. The molecule has 1 saturated heterocycles. The fraction of sp³-hybridized carbons (Fsp3) is 0.417. The van der Waals surface area contributed by atoms with Crippen LogP contribution in [0.15, 0.2) is 18.2 Å². The van der Waals surface area contributed by atoms with Crippen LogP contribution >= 0.6 is 11.6 Å². The van der Waals surface area contributed by atoms with Crippen molar-refractivity contribution in [1.82, 2.24) is 0 Å². The topological polar surface area (TPSA) is 35.5 Å². The van der Waals surface area contributed by atoms with Gasteiger partial charge in [0.2, 0.25) is 0 Å². The number of hydrogen-bond donors (Lipinski definition) is 0. The third-order valence-corrected chi connectivity index (χ3v) is 2.89. The normalized spacial score (nSPS) is 19.7. The van der Waals surface area contributed by atoms with Crippen LogP contribution in [0.3, 0.4) is 0 Å². The van der Waals surface area contributed by atoms with Crippen LogP contribution in [0.25, 0.3) is 0 Å². The number of hydrogen-bond acceptors (Lipinski definition) is 3. The number of benzene rings is 1. The lowest BCUT2D eigenvalue weighted by molar-refractivity contribution is 0.112. The molecular formula is C12H13ClO3. The third-order valence-electron chi connectivity index (χ3n) is 2.59. The maximum absolute atomic E-state index is 10.5. The molecule has 0 radical (unpaired) electrons. The van der Waals surface area contributed by atoms with Crippen LogP contribution in [-0.4, -0.2) is 26.1 Å². The van der Waals surface area contributed by atoms with Gasteiger partial charge in [-0.15, -0.1) is 0 Å². The smallest absolute Gasteiger partial charge is 0.150 e. The molecule has 86 valence electrons. The number of carbonyl (C=O) groups is 1. The standard InChI is InChI=1S/C12H13ClO3/c13-11-5-9(6-14)1-2-12(11)16-8-10-3-4-15-7-10/h1-2,5-6,10H,3-4,7-8H2. The Morgan fingerprint density at radius 1 is 1.56 bits per heavy atom. The average Bonchev–Trinajstić information content (AvgIpc) is 2.80. The molecule has 2 rings (SSSR count). The van der Waals surface area contributed by atoms with Crippen molar-refractivity contribution in [3.63, 3.8) is 0 Å². The maximum atomic E-state index is 10.5. The molecule has 16 heavy (non-hydrogen) atoms. The van der Waals surface area contributed by atoms with Crippen molar-refractivity contribution in [2.75, 3.05) is 19.8 Å². The summed E-state index contributed by atoms with van der Waals surface area (Å²) in [5.74, 6) is 1.07. The minimum absolute atomic E-state index is 0.446. The summed E-state index contributed by atoms with van der Waals surface area (Å²) < 4.78 is 10.8. The summed E-state index contributed by atoms with van der Waals surface area (Å²) in [5, 5.41) is 0.475. The highest BCUT2D eigenvalue weighted by Gasteiger charge is 2.16. The molecule has 1 aromatic carbocycles. The second kappa shape index (κ2) is 5.32. The molecule has 0 aromatic heterocycles. The first-order chi connectivity index (χ1) is 7.79. The molecule has 0 saturated carbocycles. The summed E-state index contributed by atoms with van der Waals surface area (Å²) in [6, 6.07) is 5.02. The van der Waals surface area contributed by atoms with E-state index in [4.69, 9.17) is 21.1 Å². The molecule has 0 amide bonds. The monoisotopic (exact) mass is 240 g/mol. The van der Waals surface area contributed by atoms with E-state index in [-0.39, 0.29) is 0 Å². The Morgan fingerprint density at radius 3 is 3.06 bits per heavy atom. The summed E-state index contributed by atoms with van der Waals surface area (Å²) in [6.45, 7) is 2.18. The first-order valence-electron chi connectivity index (χ1n) is 5.25. The lowest BCUT2D eigenvalue weighted by Crippen LogP contribution is -2.11. The van der Waals surface area contributed by atoms with E-state index in [0.717, 1.165) is 25.9 Å². The molecule has 0 aliphatic carbocycles. The zero-order valence-electron chi connectivity index (χ0n) is 8.82. The molecule has 1 aliphatic heterocycles. The molecule has 1 unspecified atom stereocenters. The van der Waals surface area contributed by atoms with Gasteiger partial charge in [-0.1, -0.05) is 11.6 Å². The van der Waals surface area contributed by atoms with E-state index in [1.807, 2.05) is 0 Å². The van der Waals surface area contributed by atoms with E-state index >= 15 is 0 Å². The number of ether oxygens (including phenoxy) is 2. The van der Waals surface area contributed by atoms with Gasteiger partial charge in [-0.25, -0.2) is 0 Å². The van der Waals surface area contributed by atoms with Gasteiger partial charge < -0.3 is 9.47 Å². The van der Waals surface area contributed by atoms with E-state index in [9.17, 15) is 4.79 Å². The molecular weight excluding hydrogens is 228 g/mol. The summed E-state index contributed by atoms with van der Waals surface area (Å²) in [7, 11) is 0. The van der Waals surface area contributed by atoms with Crippen LogP contribution in [-0.2, 0) is 4.74 Å². The second-order valence-corrected chi connectivity index (χ2v) is 4.26. The fourth-order valence-corrected chi connectivity index (χ4v) is 1.87. The van der Waals surface area contributed by atoms with E-state index in [1.165, 1.54) is 0 Å². The Kier molecular flexibility index (Phi) is 3.80. The van der Waals surface area contributed by atoms with Crippen molar-refractivity contribution in [3.05, 3.63) is 28.8 Å². The highest BCUT2D eigenvalue weighted by atomic mass is 35.5. The SMILES string of the molecule is O=Cc1ccc(OCC2CCOC2)c(Cl)c1. The molecule has 1 aliphatic rings. The molecule has 0 spiro atoms. The Balaban J connectivity index is 1.95. The van der Waals surface area contributed by atoms with Crippen LogP contribution < -0.4 is 4.74 Å². The van der Waals surface area contributed by atoms with Crippen molar-refractivity contribution in [3.8, 4) is 5.75 Å². The number of halogens is 1. The first kappa shape index (κ1) is 11.4. The average molecular weight is 241 g/mol. The lowest BCUT2D eigenvalue weighted by atomic mass is 10.1. The molecule has 0 N–H and O–H groups in total. The Morgan fingerprint density at radius 2 is 2.44 bits per heavy atom. The number of rotatable bonds is 4. The Hall–Kier alpha value is -1.06. The highest BCUT2D eigenvalue weighted by molar-refractivity contribution is 6.32. The van der Waals surface area contributed by atoms with Gasteiger partial charge in [0.05, 0.1) is 18.2 Å². The van der Waals surface area contributed by atoms with E-state index in [0.29, 0.717) is 28.9 Å². The van der Waals surface area contributed by atoms with Gasteiger partial charge in [-0.05, 0) is 24.6 Å². The molecule has 1 fully saturated rings. The molecule has 0 bridgehead atoms. The van der Waals surface area contributed by atoms with Gasteiger partial charge >= 0.3 is 0 Å². The van der Waals surface area contributed by atoms with Crippen molar-refractivity contribution in [2.45, 2.75) is 6.42 Å². The molecule has 1 atom stereocenters. The molecule has 4 heteroatoms. The van der Waals surface area contributed by atoms with E-state index in [1.54, 1.807) is 18.2 Å². The van der Waals surface area contributed by atoms with Gasteiger partial charge in [0.1, 0.15) is 12.0 Å². The number of carbonyl (C=O) groups excluding carboxylic acids is 1. The van der Waals surface area contributed by atoms with E-state index in [2.05, 4.69) is 0 Å². The minimum atomic E-state index is 0.446. The van der Waals surface area contributed by atoms with Gasteiger partial charge in [-0.3, -0.25) is 4.79 Å². The molecule has 1 heterocycles. The summed E-state index contributed by atoms with van der Waals surface area (Å²) in [6.07, 6.45) is 1.80. The second-order valence-electron chi connectivity index (χ2n) is 3.85. The Labute approximate surface area is 99.3 Å². The van der Waals surface area contributed by atoms with Crippen LogP contribution in [0.1, 0.15) is 16.8 Å². The molecule has 1 aromatic rings. The third kappa shape index (κ3) is 2.74. The first-order valence-corrected chi connectivity index (χ1v) is 5.62. The van der Waals surface area contributed by atoms with Gasteiger partial charge in [0.25, 0.3) is 0 Å². The van der Waals surface area contributed by atoms with Crippen LogP contribution in [0.4, 0.5) is 0 Å². The summed E-state index contributed by atoms with van der Waals surface area (Å²) >= 11 is 5.98. The van der Waals surface area contributed by atoms with Crippen LogP contribution in [0, 0.1) is 5.92 Å². The Bertz CT molecular complexity index is 373. The number of aldehydes is 1. The fourth-order valence-electron chi connectivity index (χ4n) is 1.63. The maximum Gasteiger partial charge on any atom is 0.150 e. The van der Waals surface area contributed by atoms with E-state index < -0.39 is 0 Å². The molecule has 3 nitrogen and oxygen atoms in total. The highest BCUT2D eigenvalue weighted by Crippen LogP contribution is 2.26. The predicted molar refractivity (Wildman–Crippen MR) is 61.3 cm³/mol. The zero-order valence-corrected chi connectivity index (χ0v) is 9.57. The lowest BCUT2D eigenvalue weighted by Gasteiger charge is -2.11. The zero-order chi connectivity index (χ0) is 11.4. The van der Waals surface area contributed by atoms with Crippen LogP contribution in [0.5, 0.6) is 5.75 Å². The van der Waals surface area contributed by atoms with Crippen molar-refractivity contribution < 1.29 is 14.3 Å².